The van der Waals surface area contributed by atoms with Crippen molar-refractivity contribution in [3.63, 3.8) is 0 Å². The van der Waals surface area contributed by atoms with Gasteiger partial charge in [-0.1, -0.05) is 20.8 Å². The summed E-state index contributed by atoms with van der Waals surface area (Å²) in [5.41, 5.74) is 0. The van der Waals surface area contributed by atoms with Crippen LogP contribution in [0, 0.1) is 11.8 Å². The number of rotatable bonds is 6. The van der Waals surface area contributed by atoms with Gasteiger partial charge in [0.15, 0.2) is 0 Å². The highest BCUT2D eigenvalue weighted by molar-refractivity contribution is 4.76. The topological polar surface area (TPSA) is 15.3 Å². The second-order valence-electron chi connectivity index (χ2n) is 5.78. The Kier molecular flexibility index (Phi) is 6.37. The molecule has 0 amide bonds. The van der Waals surface area contributed by atoms with E-state index in [1.54, 1.807) is 0 Å². The highest BCUT2D eigenvalue weighted by Gasteiger charge is 2.19. The Bertz CT molecular complexity index is 174. The third kappa shape index (κ3) is 4.84. The molecule has 1 aliphatic rings. The van der Waals surface area contributed by atoms with E-state index in [4.69, 9.17) is 0 Å². The predicted molar refractivity (Wildman–Crippen MR) is 71.8 cm³/mol. The minimum Gasteiger partial charge on any atom is -0.316 e. The number of piperidine rings is 1. The SMILES string of the molecule is CCN(CC1CCCNC1)C(C)CC(C)C. The summed E-state index contributed by atoms with van der Waals surface area (Å²) in [5.74, 6) is 1.69. The van der Waals surface area contributed by atoms with Gasteiger partial charge in [-0.25, -0.2) is 0 Å². The highest BCUT2D eigenvalue weighted by atomic mass is 15.1. The van der Waals surface area contributed by atoms with Crippen LogP contribution in [0.3, 0.4) is 0 Å². The molecule has 0 bridgehead atoms. The zero-order chi connectivity index (χ0) is 12.0. The van der Waals surface area contributed by atoms with Crippen LogP contribution in [-0.4, -0.2) is 37.1 Å². The van der Waals surface area contributed by atoms with Gasteiger partial charge < -0.3 is 10.2 Å². The van der Waals surface area contributed by atoms with Crippen molar-refractivity contribution < 1.29 is 0 Å². The van der Waals surface area contributed by atoms with Crippen LogP contribution in [0.4, 0.5) is 0 Å². The monoisotopic (exact) mass is 226 g/mol. The molecule has 0 aliphatic carbocycles. The highest BCUT2D eigenvalue weighted by Crippen LogP contribution is 2.16. The van der Waals surface area contributed by atoms with Crippen molar-refractivity contribution in [3.8, 4) is 0 Å². The van der Waals surface area contributed by atoms with Crippen molar-refractivity contribution in [2.24, 2.45) is 11.8 Å². The van der Waals surface area contributed by atoms with E-state index in [-0.39, 0.29) is 0 Å². The first-order chi connectivity index (χ1) is 7.63. The molecule has 2 atom stereocenters. The van der Waals surface area contributed by atoms with E-state index >= 15 is 0 Å². The van der Waals surface area contributed by atoms with E-state index in [1.807, 2.05) is 0 Å². The van der Waals surface area contributed by atoms with Gasteiger partial charge in [-0.2, -0.15) is 0 Å². The lowest BCUT2D eigenvalue weighted by Crippen LogP contribution is -2.42. The van der Waals surface area contributed by atoms with Gasteiger partial charge in [0.05, 0.1) is 0 Å². The fourth-order valence-corrected chi connectivity index (χ4v) is 2.86. The third-order valence-electron chi connectivity index (χ3n) is 3.73. The number of nitrogens with zero attached hydrogens (tertiary/aromatic N) is 1. The summed E-state index contributed by atoms with van der Waals surface area (Å²) < 4.78 is 0. The summed E-state index contributed by atoms with van der Waals surface area (Å²) in [6, 6.07) is 0.743. The Hall–Kier alpha value is -0.0800. The predicted octanol–water partition coefficient (Wildman–Crippen LogP) is 2.74. The minimum absolute atomic E-state index is 0.743. The molecular formula is C14H30N2. The lowest BCUT2D eigenvalue weighted by atomic mass is 9.97. The molecule has 1 aliphatic heterocycles. The maximum atomic E-state index is 3.52. The van der Waals surface area contributed by atoms with E-state index in [9.17, 15) is 0 Å². The molecule has 1 heterocycles. The first-order valence-electron chi connectivity index (χ1n) is 7.08. The van der Waals surface area contributed by atoms with Crippen LogP contribution in [0.5, 0.6) is 0 Å². The molecule has 0 spiro atoms. The van der Waals surface area contributed by atoms with Crippen LogP contribution in [0.15, 0.2) is 0 Å². The van der Waals surface area contributed by atoms with Crippen molar-refractivity contribution in [1.29, 1.82) is 0 Å². The standard InChI is InChI=1S/C14H30N2/c1-5-16(13(4)9-12(2)3)11-14-7-6-8-15-10-14/h12-15H,5-11H2,1-4H3. The fourth-order valence-electron chi connectivity index (χ4n) is 2.86. The first kappa shape index (κ1) is 14.0. The van der Waals surface area contributed by atoms with Gasteiger partial charge in [-0.15, -0.1) is 0 Å². The number of hydrogen-bond acceptors (Lipinski definition) is 2. The van der Waals surface area contributed by atoms with Gasteiger partial charge in [0, 0.05) is 12.6 Å². The van der Waals surface area contributed by atoms with Crippen molar-refractivity contribution in [2.45, 2.75) is 53.0 Å². The summed E-state index contributed by atoms with van der Waals surface area (Å²) in [5, 5.41) is 3.52. The molecule has 1 saturated heterocycles. The van der Waals surface area contributed by atoms with Crippen molar-refractivity contribution in [3.05, 3.63) is 0 Å². The van der Waals surface area contributed by atoms with Crippen molar-refractivity contribution in [1.82, 2.24) is 10.2 Å². The summed E-state index contributed by atoms with van der Waals surface area (Å²) in [6.07, 6.45) is 4.10. The summed E-state index contributed by atoms with van der Waals surface area (Å²) in [7, 11) is 0. The Morgan fingerprint density at radius 1 is 1.31 bits per heavy atom. The molecule has 96 valence electrons. The van der Waals surface area contributed by atoms with E-state index in [0.717, 1.165) is 17.9 Å². The average Bonchev–Trinajstić information content (AvgIpc) is 2.26. The average molecular weight is 226 g/mol. The van der Waals surface area contributed by atoms with Gasteiger partial charge in [-0.05, 0) is 57.7 Å². The van der Waals surface area contributed by atoms with E-state index in [1.165, 1.54) is 45.4 Å². The third-order valence-corrected chi connectivity index (χ3v) is 3.73. The number of nitrogens with one attached hydrogen (secondary N) is 1. The molecule has 0 aromatic carbocycles. The lowest BCUT2D eigenvalue weighted by Gasteiger charge is -2.34. The maximum Gasteiger partial charge on any atom is 0.00693 e. The first-order valence-corrected chi connectivity index (χ1v) is 7.08. The van der Waals surface area contributed by atoms with Crippen LogP contribution in [0.25, 0.3) is 0 Å². The molecule has 1 rings (SSSR count). The second kappa shape index (κ2) is 7.29. The molecule has 0 aromatic rings. The number of hydrogen-bond donors (Lipinski definition) is 1. The quantitative estimate of drug-likeness (QED) is 0.749. The van der Waals surface area contributed by atoms with E-state index in [2.05, 4.69) is 37.9 Å². The molecular weight excluding hydrogens is 196 g/mol. The van der Waals surface area contributed by atoms with Gasteiger partial charge in [0.25, 0.3) is 0 Å². The molecule has 0 saturated carbocycles. The van der Waals surface area contributed by atoms with Gasteiger partial charge in [0.1, 0.15) is 0 Å². The molecule has 0 aromatic heterocycles. The summed E-state index contributed by atoms with van der Waals surface area (Å²) in [6.45, 7) is 14.3. The smallest absolute Gasteiger partial charge is 0.00693 e. The van der Waals surface area contributed by atoms with Crippen LogP contribution in [-0.2, 0) is 0 Å². The second-order valence-corrected chi connectivity index (χ2v) is 5.78. The summed E-state index contributed by atoms with van der Waals surface area (Å²) >= 11 is 0. The van der Waals surface area contributed by atoms with Gasteiger partial charge in [-0.3, -0.25) is 0 Å². The molecule has 2 heteroatoms. The molecule has 1 N–H and O–H groups in total. The Morgan fingerprint density at radius 2 is 2.06 bits per heavy atom. The van der Waals surface area contributed by atoms with Crippen LogP contribution in [0.2, 0.25) is 0 Å². The van der Waals surface area contributed by atoms with Crippen LogP contribution >= 0.6 is 0 Å². The minimum atomic E-state index is 0.743. The Labute approximate surface area is 102 Å². The molecule has 16 heavy (non-hydrogen) atoms. The maximum absolute atomic E-state index is 3.52. The van der Waals surface area contributed by atoms with Gasteiger partial charge in [0.2, 0.25) is 0 Å². The normalized spacial score (nSPS) is 24.0. The lowest BCUT2D eigenvalue weighted by molar-refractivity contribution is 0.154. The Morgan fingerprint density at radius 3 is 2.56 bits per heavy atom. The summed E-state index contributed by atoms with van der Waals surface area (Å²) in [4.78, 5) is 2.66. The van der Waals surface area contributed by atoms with Crippen LogP contribution in [0.1, 0.15) is 47.0 Å². The molecule has 2 unspecified atom stereocenters. The molecule has 1 fully saturated rings. The molecule has 0 radical (unpaired) electrons. The zero-order valence-electron chi connectivity index (χ0n) is 11.6. The fraction of sp³-hybridized carbons (Fsp3) is 1.00. The zero-order valence-corrected chi connectivity index (χ0v) is 11.6. The van der Waals surface area contributed by atoms with E-state index in [0.29, 0.717) is 0 Å². The Balaban J connectivity index is 2.34. The van der Waals surface area contributed by atoms with Crippen molar-refractivity contribution >= 4 is 0 Å². The van der Waals surface area contributed by atoms with Crippen LogP contribution < -0.4 is 5.32 Å². The van der Waals surface area contributed by atoms with Crippen molar-refractivity contribution in [2.75, 3.05) is 26.2 Å². The van der Waals surface area contributed by atoms with Gasteiger partial charge >= 0.3 is 0 Å². The van der Waals surface area contributed by atoms with E-state index < -0.39 is 0 Å². The molecule has 2 nitrogen and oxygen atoms in total. The largest absolute Gasteiger partial charge is 0.316 e.